The average Bonchev–Trinajstić information content (AvgIpc) is 3.02. The maximum Gasteiger partial charge on any atom is 0.309 e. The van der Waals surface area contributed by atoms with Gasteiger partial charge in [0.25, 0.3) is 0 Å². The van der Waals surface area contributed by atoms with E-state index in [0.717, 1.165) is 17.8 Å². The number of hydrogen-bond donors (Lipinski definition) is 0. The van der Waals surface area contributed by atoms with Crippen molar-refractivity contribution in [3.05, 3.63) is 36.3 Å². The molecule has 2 heterocycles. The molecule has 0 saturated heterocycles. The van der Waals surface area contributed by atoms with Gasteiger partial charge >= 0.3 is 5.97 Å². The molecular weight excluding hydrogens is 216 g/mol. The molecule has 88 valence electrons. The van der Waals surface area contributed by atoms with Crippen LogP contribution >= 0.6 is 0 Å². The summed E-state index contributed by atoms with van der Waals surface area (Å²) in [7, 11) is 0. The maximum atomic E-state index is 11.5. The van der Waals surface area contributed by atoms with Crippen LogP contribution in [0.25, 0.3) is 5.65 Å². The zero-order chi connectivity index (χ0) is 11.8. The van der Waals surface area contributed by atoms with E-state index in [1.54, 1.807) is 0 Å². The van der Waals surface area contributed by atoms with Gasteiger partial charge in [-0.3, -0.25) is 4.79 Å². The standard InChI is InChI=1S/C13H14N2O2/c1-2-17-13(16)10-7-9(10)11-8-15-6-4-3-5-12(15)14-11/h3-6,8-10H,2,7H2,1H3/t9-,10+/m0/s1. The molecule has 0 bridgehead atoms. The van der Waals surface area contributed by atoms with Crippen LogP contribution in [0.3, 0.4) is 0 Å². The third-order valence-corrected chi connectivity index (χ3v) is 3.14. The highest BCUT2D eigenvalue weighted by molar-refractivity contribution is 5.77. The molecule has 1 saturated carbocycles. The number of hydrogen-bond acceptors (Lipinski definition) is 3. The van der Waals surface area contributed by atoms with E-state index >= 15 is 0 Å². The Balaban J connectivity index is 1.80. The molecule has 0 spiro atoms. The monoisotopic (exact) mass is 230 g/mol. The fraction of sp³-hybridized carbons (Fsp3) is 0.385. The molecule has 2 aromatic rings. The van der Waals surface area contributed by atoms with Crippen LogP contribution in [-0.2, 0) is 9.53 Å². The van der Waals surface area contributed by atoms with Crippen molar-refractivity contribution < 1.29 is 9.53 Å². The van der Waals surface area contributed by atoms with Crippen LogP contribution in [0, 0.1) is 5.92 Å². The Morgan fingerprint density at radius 3 is 3.24 bits per heavy atom. The molecule has 0 aromatic carbocycles. The largest absolute Gasteiger partial charge is 0.466 e. The van der Waals surface area contributed by atoms with Gasteiger partial charge in [0.05, 0.1) is 18.2 Å². The minimum absolute atomic E-state index is 0.0138. The van der Waals surface area contributed by atoms with Crippen molar-refractivity contribution in [1.82, 2.24) is 9.38 Å². The van der Waals surface area contributed by atoms with Crippen LogP contribution in [0.2, 0.25) is 0 Å². The first-order chi connectivity index (χ1) is 8.29. The number of nitrogens with zero attached hydrogens (tertiary/aromatic N) is 2. The summed E-state index contributed by atoms with van der Waals surface area (Å²) < 4.78 is 7.00. The lowest BCUT2D eigenvalue weighted by atomic mass is 10.2. The fourth-order valence-electron chi connectivity index (χ4n) is 2.16. The van der Waals surface area contributed by atoms with Gasteiger partial charge in [-0.2, -0.15) is 0 Å². The number of ether oxygens (including phenoxy) is 1. The van der Waals surface area contributed by atoms with Gasteiger partial charge < -0.3 is 9.14 Å². The Hall–Kier alpha value is -1.84. The molecule has 1 aliphatic rings. The van der Waals surface area contributed by atoms with E-state index in [2.05, 4.69) is 4.98 Å². The van der Waals surface area contributed by atoms with E-state index in [4.69, 9.17) is 4.74 Å². The maximum absolute atomic E-state index is 11.5. The molecule has 1 fully saturated rings. The van der Waals surface area contributed by atoms with Crippen LogP contribution in [0.15, 0.2) is 30.6 Å². The zero-order valence-electron chi connectivity index (χ0n) is 9.67. The Bertz CT molecular complexity index is 528. The summed E-state index contributed by atoms with van der Waals surface area (Å²) in [6.07, 6.45) is 4.83. The summed E-state index contributed by atoms with van der Waals surface area (Å²) in [5, 5.41) is 0. The predicted molar refractivity (Wildman–Crippen MR) is 62.7 cm³/mol. The van der Waals surface area contributed by atoms with E-state index in [1.165, 1.54) is 0 Å². The topological polar surface area (TPSA) is 43.6 Å². The average molecular weight is 230 g/mol. The van der Waals surface area contributed by atoms with Crippen molar-refractivity contribution in [2.24, 2.45) is 5.92 Å². The van der Waals surface area contributed by atoms with Crippen LogP contribution in [-0.4, -0.2) is 22.0 Å². The van der Waals surface area contributed by atoms with Gasteiger partial charge in [-0.15, -0.1) is 0 Å². The fourth-order valence-corrected chi connectivity index (χ4v) is 2.16. The number of fused-ring (bicyclic) bond motifs is 1. The summed E-state index contributed by atoms with van der Waals surface area (Å²) in [6.45, 7) is 2.29. The minimum atomic E-state index is -0.0884. The van der Waals surface area contributed by atoms with Gasteiger partial charge in [-0.25, -0.2) is 4.98 Å². The van der Waals surface area contributed by atoms with Crippen molar-refractivity contribution in [2.45, 2.75) is 19.3 Å². The van der Waals surface area contributed by atoms with Crippen molar-refractivity contribution in [3.63, 3.8) is 0 Å². The minimum Gasteiger partial charge on any atom is -0.466 e. The van der Waals surface area contributed by atoms with Crippen molar-refractivity contribution in [2.75, 3.05) is 6.61 Å². The second-order valence-electron chi connectivity index (χ2n) is 4.33. The first-order valence-electron chi connectivity index (χ1n) is 5.90. The SMILES string of the molecule is CCOC(=O)[C@@H]1C[C@@H]1c1cn2ccccc2n1. The van der Waals surface area contributed by atoms with Gasteiger partial charge in [-0.05, 0) is 25.5 Å². The molecule has 3 rings (SSSR count). The van der Waals surface area contributed by atoms with Gasteiger partial charge in [0.1, 0.15) is 5.65 Å². The van der Waals surface area contributed by atoms with Crippen LogP contribution in [0.4, 0.5) is 0 Å². The highest BCUT2D eigenvalue weighted by Gasteiger charge is 2.46. The highest BCUT2D eigenvalue weighted by atomic mass is 16.5. The molecule has 1 aliphatic carbocycles. The van der Waals surface area contributed by atoms with E-state index in [0.29, 0.717) is 6.61 Å². The molecule has 0 N–H and O–H groups in total. The Kier molecular flexibility index (Phi) is 2.35. The number of esters is 1. The normalized spacial score (nSPS) is 22.6. The lowest BCUT2D eigenvalue weighted by Crippen LogP contribution is -2.07. The summed E-state index contributed by atoms with van der Waals surface area (Å²) >= 11 is 0. The highest BCUT2D eigenvalue weighted by Crippen LogP contribution is 2.47. The number of carbonyl (C=O) groups is 1. The van der Waals surface area contributed by atoms with E-state index in [-0.39, 0.29) is 17.8 Å². The third-order valence-electron chi connectivity index (χ3n) is 3.14. The number of aromatic nitrogens is 2. The van der Waals surface area contributed by atoms with E-state index < -0.39 is 0 Å². The molecule has 0 amide bonds. The second-order valence-corrected chi connectivity index (χ2v) is 4.33. The van der Waals surface area contributed by atoms with Gasteiger partial charge in [0, 0.05) is 18.3 Å². The lowest BCUT2D eigenvalue weighted by Gasteiger charge is -1.98. The Morgan fingerprint density at radius 1 is 1.59 bits per heavy atom. The van der Waals surface area contributed by atoms with Crippen molar-refractivity contribution in [1.29, 1.82) is 0 Å². The first-order valence-corrected chi connectivity index (χ1v) is 5.90. The smallest absolute Gasteiger partial charge is 0.309 e. The number of pyridine rings is 1. The molecule has 4 heteroatoms. The molecule has 0 unspecified atom stereocenters. The van der Waals surface area contributed by atoms with Crippen molar-refractivity contribution in [3.8, 4) is 0 Å². The third kappa shape index (κ3) is 1.79. The van der Waals surface area contributed by atoms with Gasteiger partial charge in [-0.1, -0.05) is 6.07 Å². The number of rotatable bonds is 3. The molecule has 17 heavy (non-hydrogen) atoms. The summed E-state index contributed by atoms with van der Waals surface area (Å²) in [4.78, 5) is 16.1. The summed E-state index contributed by atoms with van der Waals surface area (Å²) in [6, 6.07) is 5.89. The first kappa shape index (κ1) is 10.3. The second kappa shape index (κ2) is 3.87. The Labute approximate surface area is 99.2 Å². The van der Waals surface area contributed by atoms with E-state index in [1.807, 2.05) is 41.9 Å². The zero-order valence-corrected chi connectivity index (χ0v) is 9.67. The predicted octanol–water partition coefficient (Wildman–Crippen LogP) is 2.00. The van der Waals surface area contributed by atoms with Crippen LogP contribution < -0.4 is 0 Å². The van der Waals surface area contributed by atoms with Crippen LogP contribution in [0.1, 0.15) is 25.0 Å². The van der Waals surface area contributed by atoms with Gasteiger partial charge in [0.15, 0.2) is 0 Å². The number of imidazole rings is 1. The molecular formula is C13H14N2O2. The molecule has 0 radical (unpaired) electrons. The number of carbonyl (C=O) groups excluding carboxylic acids is 1. The quantitative estimate of drug-likeness (QED) is 0.757. The molecule has 4 nitrogen and oxygen atoms in total. The molecule has 0 aliphatic heterocycles. The summed E-state index contributed by atoms with van der Waals surface area (Å²) in [5.74, 6) is 0.170. The van der Waals surface area contributed by atoms with Crippen LogP contribution in [0.5, 0.6) is 0 Å². The molecule has 2 atom stereocenters. The summed E-state index contributed by atoms with van der Waals surface area (Å²) in [5.41, 5.74) is 1.92. The van der Waals surface area contributed by atoms with Gasteiger partial charge in [0.2, 0.25) is 0 Å². The molecule has 2 aromatic heterocycles. The lowest BCUT2D eigenvalue weighted by molar-refractivity contribution is -0.144. The van der Waals surface area contributed by atoms with E-state index in [9.17, 15) is 4.79 Å². The Morgan fingerprint density at radius 2 is 2.47 bits per heavy atom. The van der Waals surface area contributed by atoms with Crippen molar-refractivity contribution >= 4 is 11.6 Å².